The van der Waals surface area contributed by atoms with Crippen LogP contribution >= 0.6 is 0 Å². The topological polar surface area (TPSA) is 72.0 Å². The molecule has 0 N–H and O–H groups in total. The molecule has 7 heteroatoms. The van der Waals surface area contributed by atoms with E-state index in [4.69, 9.17) is 9.47 Å². The second kappa shape index (κ2) is 7.51. The van der Waals surface area contributed by atoms with Crippen molar-refractivity contribution in [3.8, 4) is 5.75 Å². The van der Waals surface area contributed by atoms with Crippen molar-refractivity contribution in [2.75, 3.05) is 26.2 Å². The molecule has 1 aromatic rings. The van der Waals surface area contributed by atoms with Crippen molar-refractivity contribution in [1.82, 2.24) is 14.8 Å². The second-order valence-corrected chi connectivity index (χ2v) is 7.94. The second-order valence-electron chi connectivity index (χ2n) is 7.94. The fourth-order valence-corrected chi connectivity index (χ4v) is 3.23. The summed E-state index contributed by atoms with van der Waals surface area (Å²) in [4.78, 5) is 32.4. The Balaban J connectivity index is 1.47. The molecule has 7 nitrogen and oxygen atoms in total. The highest BCUT2D eigenvalue weighted by molar-refractivity contribution is 5.81. The molecule has 26 heavy (non-hydrogen) atoms. The summed E-state index contributed by atoms with van der Waals surface area (Å²) in [5.74, 6) is 0.665. The molecule has 3 heterocycles. The molecule has 0 aliphatic carbocycles. The molecule has 2 aliphatic rings. The number of hydrogen-bond donors (Lipinski definition) is 0. The van der Waals surface area contributed by atoms with Gasteiger partial charge in [0.15, 0.2) is 0 Å². The van der Waals surface area contributed by atoms with Crippen LogP contribution in [0, 0.1) is 5.92 Å². The highest BCUT2D eigenvalue weighted by Gasteiger charge is 2.38. The van der Waals surface area contributed by atoms with E-state index in [0.717, 1.165) is 18.6 Å². The first-order chi connectivity index (χ1) is 12.3. The Labute approximate surface area is 154 Å². The van der Waals surface area contributed by atoms with E-state index in [0.29, 0.717) is 26.2 Å². The summed E-state index contributed by atoms with van der Waals surface area (Å²) in [7, 11) is 0. The number of ether oxygens (including phenoxy) is 2. The van der Waals surface area contributed by atoms with Crippen molar-refractivity contribution in [3.05, 3.63) is 24.5 Å². The Kier molecular flexibility index (Phi) is 5.34. The van der Waals surface area contributed by atoms with E-state index in [1.807, 2.05) is 37.8 Å². The Morgan fingerprint density at radius 1 is 1.19 bits per heavy atom. The van der Waals surface area contributed by atoms with Gasteiger partial charge in [-0.15, -0.1) is 0 Å². The van der Waals surface area contributed by atoms with E-state index in [1.54, 1.807) is 17.3 Å². The first-order valence-electron chi connectivity index (χ1n) is 9.15. The lowest BCUT2D eigenvalue weighted by molar-refractivity contribution is -0.146. The molecular formula is C19H27N3O4. The van der Waals surface area contributed by atoms with E-state index >= 15 is 0 Å². The average molecular weight is 361 g/mol. The molecule has 2 aliphatic heterocycles. The van der Waals surface area contributed by atoms with Crippen LogP contribution in [0.2, 0.25) is 0 Å². The highest BCUT2D eigenvalue weighted by atomic mass is 16.6. The van der Waals surface area contributed by atoms with Crippen molar-refractivity contribution in [2.24, 2.45) is 5.92 Å². The first kappa shape index (κ1) is 18.5. The summed E-state index contributed by atoms with van der Waals surface area (Å²) in [5, 5.41) is 0. The summed E-state index contributed by atoms with van der Waals surface area (Å²) >= 11 is 0. The van der Waals surface area contributed by atoms with Crippen molar-refractivity contribution in [2.45, 2.75) is 45.3 Å². The third-order valence-corrected chi connectivity index (χ3v) is 4.52. The lowest BCUT2D eigenvalue weighted by Gasteiger charge is -2.42. The SMILES string of the molecule is CC(C)(C)OC(=O)N1CCC[C@H](C(=O)N2CC(Oc3cccnc3)C2)C1. The van der Waals surface area contributed by atoms with Gasteiger partial charge in [0.05, 0.1) is 25.2 Å². The minimum atomic E-state index is -0.525. The van der Waals surface area contributed by atoms with Gasteiger partial charge in [-0.2, -0.15) is 0 Å². The highest BCUT2D eigenvalue weighted by Crippen LogP contribution is 2.24. The van der Waals surface area contributed by atoms with Gasteiger partial charge in [0, 0.05) is 19.3 Å². The monoisotopic (exact) mass is 361 g/mol. The van der Waals surface area contributed by atoms with Crippen LogP contribution in [0.15, 0.2) is 24.5 Å². The summed E-state index contributed by atoms with van der Waals surface area (Å²) in [6.07, 6.45) is 4.67. The molecule has 2 saturated heterocycles. The Morgan fingerprint density at radius 2 is 1.96 bits per heavy atom. The van der Waals surface area contributed by atoms with Gasteiger partial charge in [-0.05, 0) is 45.7 Å². The lowest BCUT2D eigenvalue weighted by Crippen LogP contribution is -2.59. The largest absolute Gasteiger partial charge is 0.485 e. The van der Waals surface area contributed by atoms with Crippen molar-refractivity contribution < 1.29 is 19.1 Å². The first-order valence-corrected chi connectivity index (χ1v) is 9.15. The number of rotatable bonds is 3. The molecule has 2 amide bonds. The van der Waals surface area contributed by atoms with Gasteiger partial charge in [-0.1, -0.05) is 0 Å². The third kappa shape index (κ3) is 4.65. The zero-order valence-corrected chi connectivity index (χ0v) is 15.7. The minimum Gasteiger partial charge on any atom is -0.485 e. The van der Waals surface area contributed by atoms with Crippen LogP contribution in [0.25, 0.3) is 0 Å². The van der Waals surface area contributed by atoms with Crippen LogP contribution < -0.4 is 4.74 Å². The number of hydrogen-bond acceptors (Lipinski definition) is 5. The number of amides is 2. The van der Waals surface area contributed by atoms with Gasteiger partial charge < -0.3 is 19.3 Å². The number of piperidine rings is 1. The Morgan fingerprint density at radius 3 is 2.62 bits per heavy atom. The summed E-state index contributed by atoms with van der Waals surface area (Å²) in [6, 6.07) is 3.68. The molecule has 142 valence electrons. The van der Waals surface area contributed by atoms with Crippen LogP contribution in [-0.4, -0.2) is 64.7 Å². The summed E-state index contributed by atoms with van der Waals surface area (Å²) in [6.45, 7) is 7.77. The quantitative estimate of drug-likeness (QED) is 0.826. The molecular weight excluding hydrogens is 334 g/mol. The predicted octanol–water partition coefficient (Wildman–Crippen LogP) is 2.32. The third-order valence-electron chi connectivity index (χ3n) is 4.52. The van der Waals surface area contributed by atoms with E-state index < -0.39 is 5.60 Å². The smallest absolute Gasteiger partial charge is 0.410 e. The number of likely N-dealkylation sites (tertiary alicyclic amines) is 2. The van der Waals surface area contributed by atoms with Crippen LogP contribution in [0.1, 0.15) is 33.6 Å². The molecule has 0 bridgehead atoms. The van der Waals surface area contributed by atoms with Crippen molar-refractivity contribution in [3.63, 3.8) is 0 Å². The molecule has 1 aromatic heterocycles. The molecule has 2 fully saturated rings. The van der Waals surface area contributed by atoms with Gasteiger partial charge in [-0.3, -0.25) is 9.78 Å². The maximum atomic E-state index is 12.7. The van der Waals surface area contributed by atoms with Gasteiger partial charge in [-0.25, -0.2) is 4.79 Å². The molecule has 1 atom stereocenters. The van der Waals surface area contributed by atoms with E-state index in [1.165, 1.54) is 0 Å². The molecule has 0 aromatic carbocycles. The Bertz CT molecular complexity index is 638. The normalized spacial score (nSPS) is 21.1. The van der Waals surface area contributed by atoms with E-state index in [-0.39, 0.29) is 24.0 Å². The Hall–Kier alpha value is -2.31. The van der Waals surface area contributed by atoms with Gasteiger partial charge in [0.1, 0.15) is 17.5 Å². The number of carbonyl (C=O) groups is 2. The van der Waals surface area contributed by atoms with Crippen molar-refractivity contribution >= 4 is 12.0 Å². The maximum absolute atomic E-state index is 12.7. The average Bonchev–Trinajstić information content (AvgIpc) is 2.57. The molecule has 0 radical (unpaired) electrons. The predicted molar refractivity (Wildman–Crippen MR) is 95.8 cm³/mol. The fraction of sp³-hybridized carbons (Fsp3) is 0.632. The van der Waals surface area contributed by atoms with Gasteiger partial charge in [0.2, 0.25) is 5.91 Å². The molecule has 3 rings (SSSR count). The number of aromatic nitrogens is 1. The number of carbonyl (C=O) groups excluding carboxylic acids is 2. The molecule has 0 spiro atoms. The zero-order valence-electron chi connectivity index (χ0n) is 15.7. The number of nitrogens with zero attached hydrogens (tertiary/aromatic N) is 3. The minimum absolute atomic E-state index is 0.00806. The molecule has 0 unspecified atom stereocenters. The van der Waals surface area contributed by atoms with Gasteiger partial charge in [0.25, 0.3) is 0 Å². The summed E-state index contributed by atoms with van der Waals surface area (Å²) < 4.78 is 11.2. The standard InChI is InChI=1S/C19H27N3O4/c1-19(2,3)26-18(24)21-9-5-6-14(11-21)17(23)22-12-16(13-22)25-15-7-4-8-20-10-15/h4,7-8,10,14,16H,5-6,9,11-13H2,1-3H3/t14-/m0/s1. The molecule has 0 saturated carbocycles. The van der Waals surface area contributed by atoms with Crippen LogP contribution in [0.3, 0.4) is 0 Å². The lowest BCUT2D eigenvalue weighted by atomic mass is 9.95. The zero-order chi connectivity index (χ0) is 18.7. The summed E-state index contributed by atoms with van der Waals surface area (Å²) in [5.41, 5.74) is -0.525. The van der Waals surface area contributed by atoms with Crippen LogP contribution in [0.4, 0.5) is 4.79 Å². The number of pyridine rings is 1. The maximum Gasteiger partial charge on any atom is 0.410 e. The van der Waals surface area contributed by atoms with Crippen LogP contribution in [0.5, 0.6) is 5.75 Å². The fourth-order valence-electron chi connectivity index (χ4n) is 3.23. The van der Waals surface area contributed by atoms with E-state index in [2.05, 4.69) is 4.98 Å². The van der Waals surface area contributed by atoms with Crippen LogP contribution in [-0.2, 0) is 9.53 Å². The van der Waals surface area contributed by atoms with Gasteiger partial charge >= 0.3 is 6.09 Å². The van der Waals surface area contributed by atoms with E-state index in [9.17, 15) is 9.59 Å². The van der Waals surface area contributed by atoms with Crippen molar-refractivity contribution in [1.29, 1.82) is 0 Å².